The minimum Gasteiger partial charge on any atom is -0.366 e. The highest BCUT2D eigenvalue weighted by Crippen LogP contribution is 2.20. The molecule has 1 atom stereocenters. The van der Waals surface area contributed by atoms with Crippen molar-refractivity contribution in [1.29, 1.82) is 0 Å². The molecule has 1 rings (SSSR count). The molecule has 2 amide bonds. The quantitative estimate of drug-likeness (QED) is 0.736. The molecule has 0 saturated heterocycles. The van der Waals surface area contributed by atoms with Gasteiger partial charge >= 0.3 is 0 Å². The molecule has 1 aromatic carbocycles. The van der Waals surface area contributed by atoms with Gasteiger partial charge in [0.25, 0.3) is 5.91 Å². The number of carbonyl (C=O) groups is 2. The van der Waals surface area contributed by atoms with Crippen molar-refractivity contribution in [2.45, 2.75) is 19.8 Å². The zero-order valence-corrected chi connectivity index (χ0v) is 11.1. The van der Waals surface area contributed by atoms with Crippen molar-refractivity contribution in [1.82, 2.24) is 0 Å². The standard InChI is InChI=1S/C13H17F2N3O2/c1-7(6-16)2-3-12(19)18-11-4-8(13(17)20)9(14)5-10(11)15/h4-5,7H,2-3,6,16H2,1H3,(H2,17,20)(H,18,19). The fraction of sp³-hybridized carbons (Fsp3) is 0.385. The van der Waals surface area contributed by atoms with Crippen molar-refractivity contribution in [2.24, 2.45) is 17.4 Å². The van der Waals surface area contributed by atoms with Gasteiger partial charge in [0, 0.05) is 12.5 Å². The van der Waals surface area contributed by atoms with Crippen LogP contribution in [0.4, 0.5) is 14.5 Å². The average Bonchev–Trinajstić information content (AvgIpc) is 2.38. The van der Waals surface area contributed by atoms with Crippen molar-refractivity contribution in [3.05, 3.63) is 29.3 Å². The largest absolute Gasteiger partial charge is 0.366 e. The number of primary amides is 1. The predicted molar refractivity (Wildman–Crippen MR) is 71.0 cm³/mol. The molecule has 0 aromatic heterocycles. The first-order valence-electron chi connectivity index (χ1n) is 6.14. The van der Waals surface area contributed by atoms with E-state index in [-0.39, 0.29) is 18.0 Å². The number of amides is 2. The molecule has 0 aliphatic carbocycles. The lowest BCUT2D eigenvalue weighted by atomic mass is 10.1. The molecule has 0 bridgehead atoms. The van der Waals surface area contributed by atoms with Crippen LogP contribution in [0.2, 0.25) is 0 Å². The number of halogens is 2. The first kappa shape index (κ1) is 16.0. The normalized spacial score (nSPS) is 12.0. The fourth-order valence-electron chi connectivity index (χ4n) is 1.54. The Hall–Kier alpha value is -2.02. The van der Waals surface area contributed by atoms with E-state index in [0.717, 1.165) is 6.07 Å². The lowest BCUT2D eigenvalue weighted by Gasteiger charge is -2.10. The van der Waals surface area contributed by atoms with Gasteiger partial charge in [0.1, 0.15) is 11.6 Å². The molecule has 1 aromatic rings. The summed E-state index contributed by atoms with van der Waals surface area (Å²) in [6.45, 7) is 2.33. The summed E-state index contributed by atoms with van der Waals surface area (Å²) in [5, 5.41) is 2.28. The number of carbonyl (C=O) groups excluding carboxylic acids is 2. The number of anilines is 1. The van der Waals surface area contributed by atoms with Crippen LogP contribution in [-0.2, 0) is 4.79 Å². The molecule has 0 fully saturated rings. The molecule has 110 valence electrons. The summed E-state index contributed by atoms with van der Waals surface area (Å²) >= 11 is 0. The van der Waals surface area contributed by atoms with Crippen LogP contribution in [0.3, 0.4) is 0 Å². The summed E-state index contributed by atoms with van der Waals surface area (Å²) in [5.41, 5.74) is 9.63. The third-order valence-electron chi connectivity index (χ3n) is 2.86. The molecular weight excluding hydrogens is 268 g/mol. The van der Waals surface area contributed by atoms with Gasteiger partial charge in [-0.3, -0.25) is 9.59 Å². The van der Waals surface area contributed by atoms with E-state index in [9.17, 15) is 18.4 Å². The summed E-state index contributed by atoms with van der Waals surface area (Å²) in [6.07, 6.45) is 0.703. The van der Waals surface area contributed by atoms with Gasteiger partial charge in [0.15, 0.2) is 0 Å². The molecule has 0 radical (unpaired) electrons. The minimum atomic E-state index is -1.07. The van der Waals surface area contributed by atoms with Crippen LogP contribution < -0.4 is 16.8 Å². The summed E-state index contributed by atoms with van der Waals surface area (Å²) in [5.74, 6) is -3.33. The van der Waals surface area contributed by atoms with Gasteiger partial charge in [-0.15, -0.1) is 0 Å². The summed E-state index contributed by atoms with van der Waals surface area (Å²) in [4.78, 5) is 22.6. The van der Waals surface area contributed by atoms with Gasteiger partial charge in [0.05, 0.1) is 11.3 Å². The number of nitrogens with two attached hydrogens (primary N) is 2. The summed E-state index contributed by atoms with van der Waals surface area (Å²) in [7, 11) is 0. The number of nitrogens with one attached hydrogen (secondary N) is 1. The Morgan fingerprint density at radius 3 is 2.50 bits per heavy atom. The van der Waals surface area contributed by atoms with Crippen LogP contribution in [0.5, 0.6) is 0 Å². The maximum absolute atomic E-state index is 13.5. The van der Waals surface area contributed by atoms with Gasteiger partial charge < -0.3 is 16.8 Å². The van der Waals surface area contributed by atoms with E-state index in [1.165, 1.54) is 0 Å². The smallest absolute Gasteiger partial charge is 0.251 e. The second-order valence-corrected chi connectivity index (χ2v) is 4.60. The Morgan fingerprint density at radius 2 is 1.95 bits per heavy atom. The first-order valence-corrected chi connectivity index (χ1v) is 6.14. The van der Waals surface area contributed by atoms with E-state index in [0.29, 0.717) is 19.0 Å². The van der Waals surface area contributed by atoms with E-state index < -0.39 is 29.0 Å². The molecule has 5 N–H and O–H groups in total. The Labute approximate surface area is 115 Å². The number of rotatable bonds is 6. The van der Waals surface area contributed by atoms with Gasteiger partial charge in [-0.05, 0) is 24.9 Å². The number of benzene rings is 1. The van der Waals surface area contributed by atoms with Crippen molar-refractivity contribution in [2.75, 3.05) is 11.9 Å². The molecule has 0 spiro atoms. The molecule has 0 aliphatic rings. The van der Waals surface area contributed by atoms with Crippen LogP contribution in [0.1, 0.15) is 30.1 Å². The van der Waals surface area contributed by atoms with E-state index in [1.807, 2.05) is 6.92 Å². The molecule has 7 heteroatoms. The van der Waals surface area contributed by atoms with Crippen LogP contribution in [0, 0.1) is 17.6 Å². The average molecular weight is 285 g/mol. The molecule has 0 aliphatic heterocycles. The molecule has 0 heterocycles. The van der Waals surface area contributed by atoms with Gasteiger partial charge in [-0.2, -0.15) is 0 Å². The van der Waals surface area contributed by atoms with Gasteiger partial charge in [-0.25, -0.2) is 8.78 Å². The Balaban J connectivity index is 2.79. The zero-order chi connectivity index (χ0) is 15.3. The van der Waals surface area contributed by atoms with Crippen LogP contribution in [0.25, 0.3) is 0 Å². The molecular formula is C13H17F2N3O2. The van der Waals surface area contributed by atoms with Gasteiger partial charge in [-0.1, -0.05) is 6.92 Å². The minimum absolute atomic E-state index is 0.154. The molecule has 5 nitrogen and oxygen atoms in total. The predicted octanol–water partition coefficient (Wildman–Crippen LogP) is 1.38. The maximum atomic E-state index is 13.5. The van der Waals surface area contributed by atoms with Crippen molar-refractivity contribution >= 4 is 17.5 Å². The van der Waals surface area contributed by atoms with Crippen molar-refractivity contribution in [3.63, 3.8) is 0 Å². The van der Waals surface area contributed by atoms with Crippen LogP contribution in [-0.4, -0.2) is 18.4 Å². The first-order chi connectivity index (χ1) is 9.35. The van der Waals surface area contributed by atoms with Crippen LogP contribution in [0.15, 0.2) is 12.1 Å². The van der Waals surface area contributed by atoms with E-state index in [1.54, 1.807) is 0 Å². The third kappa shape index (κ3) is 4.27. The van der Waals surface area contributed by atoms with E-state index >= 15 is 0 Å². The highest BCUT2D eigenvalue weighted by molar-refractivity contribution is 5.96. The highest BCUT2D eigenvalue weighted by Gasteiger charge is 2.15. The molecule has 0 saturated carbocycles. The summed E-state index contributed by atoms with van der Waals surface area (Å²) < 4.78 is 26.7. The Morgan fingerprint density at radius 1 is 1.30 bits per heavy atom. The van der Waals surface area contributed by atoms with E-state index in [2.05, 4.69) is 5.32 Å². The molecule has 1 unspecified atom stereocenters. The van der Waals surface area contributed by atoms with Crippen LogP contribution >= 0.6 is 0 Å². The Kier molecular flexibility index (Phi) is 5.57. The second-order valence-electron chi connectivity index (χ2n) is 4.60. The topological polar surface area (TPSA) is 98.2 Å². The number of hydrogen-bond acceptors (Lipinski definition) is 3. The lowest BCUT2D eigenvalue weighted by molar-refractivity contribution is -0.116. The zero-order valence-electron chi connectivity index (χ0n) is 11.1. The molecule has 20 heavy (non-hydrogen) atoms. The Bertz CT molecular complexity index is 521. The number of hydrogen-bond donors (Lipinski definition) is 3. The lowest BCUT2D eigenvalue weighted by Crippen LogP contribution is -2.18. The van der Waals surface area contributed by atoms with Crippen molar-refractivity contribution < 1.29 is 18.4 Å². The highest BCUT2D eigenvalue weighted by atomic mass is 19.1. The fourth-order valence-corrected chi connectivity index (χ4v) is 1.54. The third-order valence-corrected chi connectivity index (χ3v) is 2.86. The SMILES string of the molecule is CC(CN)CCC(=O)Nc1cc(C(N)=O)c(F)cc1F. The maximum Gasteiger partial charge on any atom is 0.251 e. The van der Waals surface area contributed by atoms with Crippen molar-refractivity contribution in [3.8, 4) is 0 Å². The van der Waals surface area contributed by atoms with E-state index in [4.69, 9.17) is 11.5 Å². The second kappa shape index (κ2) is 6.95. The van der Waals surface area contributed by atoms with Gasteiger partial charge in [0.2, 0.25) is 5.91 Å². The monoisotopic (exact) mass is 285 g/mol. The summed E-state index contributed by atoms with van der Waals surface area (Å²) in [6, 6.07) is 1.40.